The number of carbonyl (C=O) groups excluding carboxylic acids is 1. The summed E-state index contributed by atoms with van der Waals surface area (Å²) in [5.74, 6) is -0.418. The van der Waals surface area contributed by atoms with Crippen LogP contribution in [0.4, 0.5) is 24.0 Å². The molecule has 0 spiro atoms. The normalized spacial score (nSPS) is 13.2. The third-order valence-corrected chi connectivity index (χ3v) is 5.14. The molecule has 1 aliphatic rings. The van der Waals surface area contributed by atoms with E-state index in [1.165, 1.54) is 23.5 Å². The predicted molar refractivity (Wildman–Crippen MR) is 103 cm³/mol. The second-order valence-corrected chi connectivity index (χ2v) is 7.36. The first-order valence-corrected chi connectivity index (χ1v) is 9.36. The van der Waals surface area contributed by atoms with Gasteiger partial charge in [0.05, 0.1) is 22.5 Å². The molecule has 3 aromatic rings. The molecule has 0 saturated carbocycles. The Morgan fingerprint density at radius 1 is 1.21 bits per heavy atom. The Balaban J connectivity index is 1.74. The van der Waals surface area contributed by atoms with Crippen molar-refractivity contribution < 1.29 is 18.0 Å². The van der Waals surface area contributed by atoms with Crippen molar-refractivity contribution >= 4 is 45.4 Å². The SMILES string of the molecule is O=C(Nc1nccs1)c1cccc2c1N=C(c1cc(Cl)ccc1C(F)(F)F)C2. The number of aromatic nitrogens is 1. The van der Waals surface area contributed by atoms with E-state index >= 15 is 0 Å². The number of hydrogen-bond donors (Lipinski definition) is 1. The highest BCUT2D eigenvalue weighted by Gasteiger charge is 2.35. The Labute approximate surface area is 166 Å². The van der Waals surface area contributed by atoms with Crippen LogP contribution in [-0.4, -0.2) is 16.6 Å². The molecule has 1 aliphatic heterocycles. The molecule has 0 saturated heterocycles. The molecule has 2 aromatic carbocycles. The topological polar surface area (TPSA) is 54.4 Å². The van der Waals surface area contributed by atoms with Crippen LogP contribution >= 0.6 is 22.9 Å². The molecule has 0 radical (unpaired) electrons. The van der Waals surface area contributed by atoms with Crippen molar-refractivity contribution in [3.8, 4) is 0 Å². The number of carbonyl (C=O) groups is 1. The minimum atomic E-state index is -4.54. The quantitative estimate of drug-likeness (QED) is 0.586. The Morgan fingerprint density at radius 3 is 2.75 bits per heavy atom. The third-order valence-electron chi connectivity index (χ3n) is 4.22. The number of rotatable bonds is 3. The molecule has 0 atom stereocenters. The molecule has 2 heterocycles. The molecule has 1 amide bonds. The monoisotopic (exact) mass is 421 g/mol. The van der Waals surface area contributed by atoms with Crippen LogP contribution in [0.2, 0.25) is 5.02 Å². The highest BCUT2D eigenvalue weighted by atomic mass is 35.5. The lowest BCUT2D eigenvalue weighted by molar-refractivity contribution is -0.137. The van der Waals surface area contributed by atoms with Crippen LogP contribution in [-0.2, 0) is 12.6 Å². The number of para-hydroxylation sites is 1. The lowest BCUT2D eigenvalue weighted by Gasteiger charge is -2.13. The summed E-state index contributed by atoms with van der Waals surface area (Å²) in [6, 6.07) is 8.39. The number of anilines is 1. The first kappa shape index (κ1) is 18.6. The molecule has 142 valence electrons. The van der Waals surface area contributed by atoms with Gasteiger partial charge in [0.25, 0.3) is 5.91 Å². The number of amides is 1. The molecule has 0 fully saturated rings. The van der Waals surface area contributed by atoms with Gasteiger partial charge in [-0.25, -0.2) is 4.98 Å². The van der Waals surface area contributed by atoms with E-state index in [9.17, 15) is 18.0 Å². The zero-order chi connectivity index (χ0) is 19.9. The molecule has 4 rings (SSSR count). The highest BCUT2D eigenvalue weighted by molar-refractivity contribution is 7.13. The van der Waals surface area contributed by atoms with Gasteiger partial charge in [0.1, 0.15) is 0 Å². The summed E-state index contributed by atoms with van der Waals surface area (Å²) in [7, 11) is 0. The molecular formula is C19H11ClF3N3OS. The molecule has 4 nitrogen and oxygen atoms in total. The van der Waals surface area contributed by atoms with Crippen LogP contribution in [0, 0.1) is 0 Å². The van der Waals surface area contributed by atoms with Crippen molar-refractivity contribution in [2.24, 2.45) is 4.99 Å². The minimum absolute atomic E-state index is 0.0810. The fourth-order valence-corrected chi connectivity index (χ4v) is 3.71. The summed E-state index contributed by atoms with van der Waals surface area (Å²) in [4.78, 5) is 20.9. The lowest BCUT2D eigenvalue weighted by atomic mass is 9.98. The van der Waals surface area contributed by atoms with E-state index in [1.807, 2.05) is 0 Å². The average Bonchev–Trinajstić information content (AvgIpc) is 3.29. The van der Waals surface area contributed by atoms with Crippen molar-refractivity contribution in [2.45, 2.75) is 12.6 Å². The zero-order valence-electron chi connectivity index (χ0n) is 14.0. The predicted octanol–water partition coefficient (Wildman–Crippen LogP) is 5.74. The summed E-state index contributed by atoms with van der Waals surface area (Å²) in [6.45, 7) is 0. The molecule has 0 bridgehead atoms. The molecule has 28 heavy (non-hydrogen) atoms. The van der Waals surface area contributed by atoms with Crippen LogP contribution < -0.4 is 5.32 Å². The molecular weight excluding hydrogens is 411 g/mol. The first-order valence-electron chi connectivity index (χ1n) is 8.10. The Bertz CT molecular complexity index is 1090. The van der Waals surface area contributed by atoms with Crippen LogP contribution in [0.15, 0.2) is 53.0 Å². The minimum Gasteiger partial charge on any atom is -0.298 e. The molecule has 0 unspecified atom stereocenters. The summed E-state index contributed by atoms with van der Waals surface area (Å²) < 4.78 is 40.2. The van der Waals surface area contributed by atoms with E-state index in [0.717, 1.165) is 6.07 Å². The maximum atomic E-state index is 13.4. The Hall–Kier alpha value is -2.71. The maximum Gasteiger partial charge on any atom is 0.417 e. The number of halogens is 4. The van der Waals surface area contributed by atoms with Crippen molar-refractivity contribution in [2.75, 3.05) is 5.32 Å². The molecule has 1 aromatic heterocycles. The number of nitrogens with zero attached hydrogens (tertiary/aromatic N) is 2. The maximum absolute atomic E-state index is 13.4. The summed E-state index contributed by atoms with van der Waals surface area (Å²) in [5, 5.41) is 5.00. The number of nitrogens with one attached hydrogen (secondary N) is 1. The van der Waals surface area contributed by atoms with Gasteiger partial charge in [-0.05, 0) is 29.8 Å². The van der Waals surface area contributed by atoms with Crippen molar-refractivity contribution in [1.82, 2.24) is 4.98 Å². The van der Waals surface area contributed by atoms with Crippen molar-refractivity contribution in [3.63, 3.8) is 0 Å². The smallest absolute Gasteiger partial charge is 0.298 e. The van der Waals surface area contributed by atoms with E-state index in [4.69, 9.17) is 11.6 Å². The summed E-state index contributed by atoms with van der Waals surface area (Å²) in [6.07, 6.45) is -2.80. The fraction of sp³-hybridized carbons (Fsp3) is 0.105. The summed E-state index contributed by atoms with van der Waals surface area (Å²) >= 11 is 7.19. The molecule has 0 aliphatic carbocycles. The Kier molecular flexibility index (Phi) is 4.68. The van der Waals surface area contributed by atoms with Gasteiger partial charge in [-0.2, -0.15) is 13.2 Å². The number of fused-ring (bicyclic) bond motifs is 1. The highest BCUT2D eigenvalue weighted by Crippen LogP contribution is 2.38. The van der Waals surface area contributed by atoms with E-state index in [1.54, 1.807) is 29.8 Å². The largest absolute Gasteiger partial charge is 0.417 e. The number of hydrogen-bond acceptors (Lipinski definition) is 4. The van der Waals surface area contributed by atoms with Crippen LogP contribution in [0.1, 0.15) is 27.0 Å². The van der Waals surface area contributed by atoms with Gasteiger partial charge in [0, 0.05) is 28.6 Å². The van der Waals surface area contributed by atoms with Crippen LogP contribution in [0.3, 0.4) is 0 Å². The van der Waals surface area contributed by atoms with Gasteiger partial charge in [0.2, 0.25) is 0 Å². The van der Waals surface area contributed by atoms with Crippen molar-refractivity contribution in [1.29, 1.82) is 0 Å². The van der Waals surface area contributed by atoms with Gasteiger partial charge >= 0.3 is 6.18 Å². The number of alkyl halides is 3. The van der Waals surface area contributed by atoms with E-state index < -0.39 is 17.6 Å². The Morgan fingerprint density at radius 2 is 2.04 bits per heavy atom. The lowest BCUT2D eigenvalue weighted by Crippen LogP contribution is -2.13. The molecule has 9 heteroatoms. The van der Waals surface area contributed by atoms with Gasteiger partial charge in [-0.15, -0.1) is 11.3 Å². The molecule has 1 N–H and O–H groups in total. The fourth-order valence-electron chi connectivity index (χ4n) is 3.01. The first-order chi connectivity index (χ1) is 13.3. The van der Waals surface area contributed by atoms with Gasteiger partial charge in [-0.1, -0.05) is 23.7 Å². The third kappa shape index (κ3) is 3.53. The number of thiazole rings is 1. The van der Waals surface area contributed by atoms with E-state index in [2.05, 4.69) is 15.3 Å². The van der Waals surface area contributed by atoms with E-state index in [0.29, 0.717) is 16.4 Å². The van der Waals surface area contributed by atoms with Crippen LogP contribution in [0.25, 0.3) is 0 Å². The average molecular weight is 422 g/mol. The van der Waals surface area contributed by atoms with E-state index in [-0.39, 0.29) is 28.3 Å². The second-order valence-electron chi connectivity index (χ2n) is 6.03. The second kappa shape index (κ2) is 7.03. The van der Waals surface area contributed by atoms with Gasteiger partial charge < -0.3 is 0 Å². The van der Waals surface area contributed by atoms with Gasteiger partial charge in [-0.3, -0.25) is 15.1 Å². The standard InChI is InChI=1S/C19H11ClF3N3OS/c20-11-4-5-14(19(21,22)23)13(9-11)15-8-10-2-1-3-12(16(10)25-15)17(27)26-18-24-6-7-28-18/h1-7,9H,8H2,(H,24,26,27). The van der Waals surface area contributed by atoms with Crippen LogP contribution in [0.5, 0.6) is 0 Å². The van der Waals surface area contributed by atoms with Gasteiger partial charge in [0.15, 0.2) is 5.13 Å². The number of benzene rings is 2. The number of aliphatic imine (C=N–C) groups is 1. The summed E-state index contributed by atoms with van der Waals surface area (Å²) in [5.41, 5.74) is 0.645. The van der Waals surface area contributed by atoms with Crippen molar-refractivity contribution in [3.05, 3.63) is 75.3 Å². The zero-order valence-corrected chi connectivity index (χ0v) is 15.6.